The van der Waals surface area contributed by atoms with Crippen LogP contribution in [0.25, 0.3) is 10.9 Å². The Labute approximate surface area is 178 Å². The Morgan fingerprint density at radius 2 is 1.89 bits per heavy atom. The fourth-order valence-corrected chi connectivity index (χ4v) is 5.34. The second-order valence-corrected chi connectivity index (χ2v) is 9.32. The van der Waals surface area contributed by atoms with Crippen molar-refractivity contribution in [3.8, 4) is 0 Å². The SMILES string of the molecule is Cc1nc2ccc(Cl)cc2c(N2CC3(CCOCC3)c3ccc(Br)cc32)c1C. The van der Waals surface area contributed by atoms with E-state index < -0.39 is 0 Å². The largest absolute Gasteiger partial charge is 0.381 e. The van der Waals surface area contributed by atoms with Crippen molar-refractivity contribution < 1.29 is 4.74 Å². The maximum Gasteiger partial charge on any atom is 0.0727 e. The van der Waals surface area contributed by atoms with Crippen LogP contribution in [0.5, 0.6) is 0 Å². The van der Waals surface area contributed by atoms with Crippen LogP contribution in [0.15, 0.2) is 40.9 Å². The van der Waals surface area contributed by atoms with Gasteiger partial charge in [-0.1, -0.05) is 33.6 Å². The van der Waals surface area contributed by atoms with E-state index in [1.165, 1.54) is 22.5 Å². The minimum absolute atomic E-state index is 0.142. The zero-order valence-electron chi connectivity index (χ0n) is 16.1. The number of pyridine rings is 1. The Balaban J connectivity index is 1.78. The Bertz CT molecular complexity index is 1090. The van der Waals surface area contributed by atoms with Crippen molar-refractivity contribution >= 4 is 49.8 Å². The summed E-state index contributed by atoms with van der Waals surface area (Å²) in [6.07, 6.45) is 2.11. The van der Waals surface area contributed by atoms with Crippen molar-refractivity contribution in [1.82, 2.24) is 4.98 Å². The lowest BCUT2D eigenvalue weighted by atomic mass is 9.76. The molecular weight excluding hydrogens is 436 g/mol. The molecule has 3 heterocycles. The minimum atomic E-state index is 0.142. The fraction of sp³-hybridized carbons (Fsp3) is 0.348. The van der Waals surface area contributed by atoms with Gasteiger partial charge in [0, 0.05) is 51.4 Å². The second-order valence-electron chi connectivity index (χ2n) is 7.97. The summed E-state index contributed by atoms with van der Waals surface area (Å²) in [5.74, 6) is 0. The lowest BCUT2D eigenvalue weighted by Gasteiger charge is -2.35. The standard InChI is InChI=1S/C23H22BrClN2O/c1-14-15(2)26-20-6-4-17(25)12-18(20)22(14)27-13-23(7-9-28-10-8-23)19-5-3-16(24)11-21(19)27/h3-6,11-12H,7-10,13H2,1-2H3. The van der Waals surface area contributed by atoms with Gasteiger partial charge in [-0.15, -0.1) is 0 Å². The zero-order chi connectivity index (χ0) is 19.5. The third-order valence-electron chi connectivity index (χ3n) is 6.40. The third-order valence-corrected chi connectivity index (χ3v) is 7.13. The van der Waals surface area contributed by atoms with Gasteiger partial charge in [0.15, 0.2) is 0 Å². The molecule has 0 amide bonds. The fourth-order valence-electron chi connectivity index (χ4n) is 4.82. The molecule has 5 heteroatoms. The van der Waals surface area contributed by atoms with Crippen LogP contribution in [0, 0.1) is 13.8 Å². The summed E-state index contributed by atoms with van der Waals surface area (Å²) in [5.41, 5.74) is 7.36. The first kappa shape index (κ1) is 18.4. The van der Waals surface area contributed by atoms with Crippen LogP contribution in [0.4, 0.5) is 11.4 Å². The molecule has 0 saturated carbocycles. The van der Waals surface area contributed by atoms with Crippen LogP contribution in [0.3, 0.4) is 0 Å². The summed E-state index contributed by atoms with van der Waals surface area (Å²) in [4.78, 5) is 7.31. The molecule has 3 nitrogen and oxygen atoms in total. The average Bonchev–Trinajstić information content (AvgIpc) is 2.97. The molecule has 0 radical (unpaired) electrons. The van der Waals surface area contributed by atoms with Crippen LogP contribution < -0.4 is 4.90 Å². The molecule has 5 rings (SSSR count). The van der Waals surface area contributed by atoms with Crippen molar-refractivity contribution in [1.29, 1.82) is 0 Å². The summed E-state index contributed by atoms with van der Waals surface area (Å²) in [5, 5.41) is 1.86. The van der Waals surface area contributed by atoms with Crippen molar-refractivity contribution in [3.05, 3.63) is 62.7 Å². The van der Waals surface area contributed by atoms with E-state index >= 15 is 0 Å². The van der Waals surface area contributed by atoms with E-state index in [1.54, 1.807) is 0 Å². The first-order chi connectivity index (χ1) is 13.5. The van der Waals surface area contributed by atoms with Gasteiger partial charge in [-0.05, 0) is 68.1 Å². The molecule has 0 bridgehead atoms. The Morgan fingerprint density at radius 1 is 1.11 bits per heavy atom. The van der Waals surface area contributed by atoms with Gasteiger partial charge in [0.2, 0.25) is 0 Å². The number of halogens is 2. The van der Waals surface area contributed by atoms with E-state index in [-0.39, 0.29) is 5.41 Å². The first-order valence-corrected chi connectivity index (χ1v) is 10.9. The van der Waals surface area contributed by atoms with Crippen molar-refractivity contribution in [2.45, 2.75) is 32.1 Å². The number of hydrogen-bond acceptors (Lipinski definition) is 3. The second kappa shape index (κ2) is 6.72. The van der Waals surface area contributed by atoms with Gasteiger partial charge in [0.1, 0.15) is 0 Å². The number of aryl methyl sites for hydroxylation is 1. The highest BCUT2D eigenvalue weighted by molar-refractivity contribution is 9.10. The quantitative estimate of drug-likeness (QED) is 0.419. The van der Waals surface area contributed by atoms with E-state index in [0.717, 1.165) is 58.7 Å². The number of benzene rings is 2. The molecule has 3 aromatic rings. The van der Waals surface area contributed by atoms with Crippen molar-refractivity contribution in [2.24, 2.45) is 0 Å². The molecule has 1 fully saturated rings. The van der Waals surface area contributed by atoms with E-state index in [2.05, 4.69) is 58.9 Å². The highest BCUT2D eigenvalue weighted by atomic mass is 79.9. The molecule has 1 saturated heterocycles. The number of anilines is 2. The van der Waals surface area contributed by atoms with Crippen LogP contribution >= 0.6 is 27.5 Å². The molecule has 2 aliphatic rings. The lowest BCUT2D eigenvalue weighted by Crippen LogP contribution is -2.37. The summed E-state index contributed by atoms with van der Waals surface area (Å²) < 4.78 is 6.81. The molecule has 1 aromatic heterocycles. The maximum absolute atomic E-state index is 6.39. The van der Waals surface area contributed by atoms with E-state index in [0.29, 0.717) is 0 Å². The van der Waals surface area contributed by atoms with Gasteiger partial charge in [-0.3, -0.25) is 4.98 Å². The highest BCUT2D eigenvalue weighted by Gasteiger charge is 2.44. The van der Waals surface area contributed by atoms with Gasteiger partial charge in [-0.2, -0.15) is 0 Å². The number of aromatic nitrogens is 1. The monoisotopic (exact) mass is 456 g/mol. The number of hydrogen-bond donors (Lipinski definition) is 0. The van der Waals surface area contributed by atoms with Gasteiger partial charge >= 0.3 is 0 Å². The Hall–Kier alpha value is -1.62. The van der Waals surface area contributed by atoms with Gasteiger partial charge in [0.05, 0.1) is 11.2 Å². The van der Waals surface area contributed by atoms with Crippen molar-refractivity contribution in [3.63, 3.8) is 0 Å². The Morgan fingerprint density at radius 3 is 2.68 bits per heavy atom. The molecule has 144 valence electrons. The van der Waals surface area contributed by atoms with Gasteiger partial charge in [0.25, 0.3) is 0 Å². The van der Waals surface area contributed by atoms with Crippen LogP contribution in [-0.2, 0) is 10.2 Å². The summed E-state index contributed by atoms with van der Waals surface area (Å²) in [6, 6.07) is 12.7. The minimum Gasteiger partial charge on any atom is -0.381 e. The predicted molar refractivity (Wildman–Crippen MR) is 119 cm³/mol. The number of nitrogens with zero attached hydrogens (tertiary/aromatic N) is 2. The molecule has 2 aromatic carbocycles. The summed E-state index contributed by atoms with van der Waals surface area (Å²) >= 11 is 10.1. The Kier molecular flexibility index (Phi) is 4.42. The molecule has 0 aliphatic carbocycles. The number of fused-ring (bicyclic) bond motifs is 3. The first-order valence-electron chi connectivity index (χ1n) is 9.70. The topological polar surface area (TPSA) is 25.4 Å². The summed E-state index contributed by atoms with van der Waals surface area (Å²) in [6.45, 7) is 6.88. The van der Waals surface area contributed by atoms with Gasteiger partial charge in [-0.25, -0.2) is 0 Å². The van der Waals surface area contributed by atoms with Crippen molar-refractivity contribution in [2.75, 3.05) is 24.7 Å². The molecule has 2 aliphatic heterocycles. The van der Waals surface area contributed by atoms with E-state index in [1.807, 2.05) is 12.1 Å². The van der Waals surface area contributed by atoms with Gasteiger partial charge < -0.3 is 9.64 Å². The maximum atomic E-state index is 6.39. The predicted octanol–water partition coefficient (Wildman–Crippen LogP) is 6.47. The van der Waals surface area contributed by atoms with E-state index in [9.17, 15) is 0 Å². The van der Waals surface area contributed by atoms with Crippen LogP contribution in [-0.4, -0.2) is 24.7 Å². The highest BCUT2D eigenvalue weighted by Crippen LogP contribution is 2.52. The number of rotatable bonds is 1. The van der Waals surface area contributed by atoms with Crippen LogP contribution in [0.1, 0.15) is 29.7 Å². The normalized spacial score (nSPS) is 18.1. The summed E-state index contributed by atoms with van der Waals surface area (Å²) in [7, 11) is 0. The van der Waals surface area contributed by atoms with Crippen LogP contribution in [0.2, 0.25) is 5.02 Å². The molecule has 0 atom stereocenters. The smallest absolute Gasteiger partial charge is 0.0727 e. The van der Waals surface area contributed by atoms with E-state index in [4.69, 9.17) is 21.3 Å². The average molecular weight is 458 g/mol. The zero-order valence-corrected chi connectivity index (χ0v) is 18.4. The number of ether oxygens (including phenoxy) is 1. The molecule has 0 unspecified atom stereocenters. The molecule has 1 spiro atoms. The third kappa shape index (κ3) is 2.77. The molecular formula is C23H22BrClN2O. The molecule has 0 N–H and O–H groups in total. The molecule has 28 heavy (non-hydrogen) atoms. The lowest BCUT2D eigenvalue weighted by molar-refractivity contribution is 0.0558.